The van der Waals surface area contributed by atoms with E-state index in [0.717, 1.165) is 0 Å². The fourth-order valence-corrected chi connectivity index (χ4v) is 6.30. The van der Waals surface area contributed by atoms with E-state index >= 15 is 0 Å². The van der Waals surface area contributed by atoms with Crippen molar-refractivity contribution in [2.45, 2.75) is 57.2 Å². The summed E-state index contributed by atoms with van der Waals surface area (Å²) >= 11 is 16.3. The average Bonchev–Trinajstić information content (AvgIpc) is 2.97. The van der Waals surface area contributed by atoms with Crippen LogP contribution in [0.15, 0.2) is 34.8 Å². The number of ether oxygens (including phenoxy) is 1. The summed E-state index contributed by atoms with van der Waals surface area (Å²) in [5.74, 6) is -0.250. The Kier molecular flexibility index (Phi) is 8.65. The van der Waals surface area contributed by atoms with Gasteiger partial charge >= 0.3 is 0 Å². The number of halogens is 3. The van der Waals surface area contributed by atoms with Crippen molar-refractivity contribution >= 4 is 64.7 Å². The van der Waals surface area contributed by atoms with Crippen LogP contribution in [-0.2, 0) is 25.8 Å². The van der Waals surface area contributed by atoms with Crippen molar-refractivity contribution < 1.29 is 18.9 Å². The SMILES string of the molecule is COCN1C(=O)C(CCO[Si](C)(C)C(C)(C)C)(Cc2ccc(Br)cc2[N+](=O)[O-])c2cc(Cl)cc(Cl)c21. The van der Waals surface area contributed by atoms with Crippen LogP contribution >= 0.6 is 39.1 Å². The van der Waals surface area contributed by atoms with E-state index in [1.165, 1.54) is 18.1 Å². The molecule has 11 heteroatoms. The Bertz CT molecular complexity index is 1190. The predicted molar refractivity (Wildman–Crippen MR) is 150 cm³/mol. The number of rotatable bonds is 9. The lowest BCUT2D eigenvalue weighted by molar-refractivity contribution is -0.385. The number of hydrogen-bond acceptors (Lipinski definition) is 5. The first-order valence-corrected chi connectivity index (χ1v) is 16.0. The first kappa shape index (κ1) is 29.1. The van der Waals surface area contributed by atoms with Crippen LogP contribution in [0.25, 0.3) is 0 Å². The molecule has 0 saturated heterocycles. The first-order valence-electron chi connectivity index (χ1n) is 11.5. The van der Waals surface area contributed by atoms with Gasteiger partial charge in [0.05, 0.1) is 21.0 Å². The van der Waals surface area contributed by atoms with Crippen molar-refractivity contribution in [3.05, 3.63) is 66.1 Å². The molecule has 1 aliphatic heterocycles. The zero-order valence-corrected chi connectivity index (χ0v) is 25.4. The highest BCUT2D eigenvalue weighted by Crippen LogP contribution is 2.51. The number of nitro groups is 1. The van der Waals surface area contributed by atoms with E-state index in [9.17, 15) is 14.9 Å². The van der Waals surface area contributed by atoms with Crippen LogP contribution < -0.4 is 4.90 Å². The van der Waals surface area contributed by atoms with E-state index in [2.05, 4.69) is 49.8 Å². The van der Waals surface area contributed by atoms with Crippen LogP contribution in [-0.4, -0.2) is 39.6 Å². The van der Waals surface area contributed by atoms with Gasteiger partial charge in [0.1, 0.15) is 6.73 Å². The number of fused-ring (bicyclic) bond motifs is 1. The zero-order valence-electron chi connectivity index (χ0n) is 21.3. The van der Waals surface area contributed by atoms with Crippen LogP contribution in [0.3, 0.4) is 0 Å². The van der Waals surface area contributed by atoms with Gasteiger partial charge in [0.25, 0.3) is 5.69 Å². The lowest BCUT2D eigenvalue weighted by Crippen LogP contribution is -2.46. The van der Waals surface area contributed by atoms with Crippen molar-refractivity contribution in [3.8, 4) is 0 Å². The fourth-order valence-electron chi connectivity index (χ4n) is 4.31. The van der Waals surface area contributed by atoms with E-state index in [-0.39, 0.29) is 29.8 Å². The largest absolute Gasteiger partial charge is 0.417 e. The summed E-state index contributed by atoms with van der Waals surface area (Å²) in [4.78, 5) is 27.1. The molecule has 1 aliphatic rings. The summed E-state index contributed by atoms with van der Waals surface area (Å²) in [5, 5.41) is 12.6. The summed E-state index contributed by atoms with van der Waals surface area (Å²) in [6.45, 7) is 11.0. The molecule has 0 fully saturated rings. The molecule has 0 radical (unpaired) electrons. The van der Waals surface area contributed by atoms with E-state index < -0.39 is 18.7 Å². The van der Waals surface area contributed by atoms with Gasteiger partial charge in [-0.05, 0) is 54.7 Å². The highest BCUT2D eigenvalue weighted by molar-refractivity contribution is 9.10. The molecule has 196 valence electrons. The van der Waals surface area contributed by atoms with Crippen LogP contribution in [0.5, 0.6) is 0 Å². The van der Waals surface area contributed by atoms with Crippen LogP contribution in [0.1, 0.15) is 38.3 Å². The van der Waals surface area contributed by atoms with Gasteiger partial charge in [-0.15, -0.1) is 0 Å². The zero-order chi connectivity index (χ0) is 27.1. The molecule has 0 spiro atoms. The number of nitro benzene ring substituents is 1. The number of hydrogen-bond donors (Lipinski definition) is 0. The maximum atomic E-state index is 14.2. The number of benzene rings is 2. The van der Waals surface area contributed by atoms with Crippen molar-refractivity contribution in [1.82, 2.24) is 0 Å². The Morgan fingerprint density at radius 2 is 1.86 bits per heavy atom. The lowest BCUT2D eigenvalue weighted by Gasteiger charge is -2.37. The number of amides is 1. The van der Waals surface area contributed by atoms with Crippen molar-refractivity contribution in [2.75, 3.05) is 25.3 Å². The highest BCUT2D eigenvalue weighted by atomic mass is 79.9. The second-order valence-electron chi connectivity index (χ2n) is 10.6. The third kappa shape index (κ3) is 5.51. The average molecular weight is 618 g/mol. The van der Waals surface area contributed by atoms with Gasteiger partial charge in [-0.3, -0.25) is 19.8 Å². The quantitative estimate of drug-likeness (QED) is 0.165. The molecule has 0 saturated carbocycles. The van der Waals surface area contributed by atoms with Gasteiger partial charge in [0, 0.05) is 34.8 Å². The smallest absolute Gasteiger partial charge is 0.273 e. The van der Waals surface area contributed by atoms with Crippen LogP contribution in [0, 0.1) is 10.1 Å². The summed E-state index contributed by atoms with van der Waals surface area (Å²) in [5.41, 5.74) is 0.327. The van der Waals surface area contributed by atoms with Gasteiger partial charge in [-0.1, -0.05) is 66.0 Å². The monoisotopic (exact) mass is 616 g/mol. The number of anilines is 1. The second-order valence-corrected chi connectivity index (χ2v) is 17.2. The summed E-state index contributed by atoms with van der Waals surface area (Å²) in [7, 11) is -0.625. The third-order valence-electron chi connectivity index (χ3n) is 7.26. The number of carbonyl (C=O) groups is 1. The molecule has 36 heavy (non-hydrogen) atoms. The number of nitrogens with zero attached hydrogens (tertiary/aromatic N) is 2. The van der Waals surface area contributed by atoms with E-state index in [1.807, 2.05) is 0 Å². The normalized spacial score (nSPS) is 18.0. The van der Waals surface area contributed by atoms with E-state index in [4.69, 9.17) is 32.4 Å². The molecule has 2 aromatic carbocycles. The maximum Gasteiger partial charge on any atom is 0.273 e. The summed E-state index contributed by atoms with van der Waals surface area (Å²) in [6, 6.07) is 8.18. The molecule has 0 aromatic heterocycles. The molecule has 0 bridgehead atoms. The third-order valence-corrected chi connectivity index (χ3v) is 12.8. The Labute approximate surface area is 231 Å². The molecule has 1 atom stereocenters. The maximum absolute atomic E-state index is 14.2. The van der Waals surface area contributed by atoms with Crippen molar-refractivity contribution in [3.63, 3.8) is 0 Å². The highest BCUT2D eigenvalue weighted by Gasteiger charge is 2.53. The molecule has 3 rings (SSSR count). The lowest BCUT2D eigenvalue weighted by atomic mass is 9.74. The molecular formula is C25H31BrCl2N2O5Si. The van der Waals surface area contributed by atoms with Gasteiger partial charge in [0.15, 0.2) is 8.32 Å². The fraction of sp³-hybridized carbons (Fsp3) is 0.480. The molecule has 1 unspecified atom stereocenters. The Balaban J connectivity index is 2.18. The van der Waals surface area contributed by atoms with E-state index in [0.29, 0.717) is 44.4 Å². The summed E-state index contributed by atoms with van der Waals surface area (Å²) < 4.78 is 12.4. The summed E-state index contributed by atoms with van der Waals surface area (Å²) in [6.07, 6.45) is 0.385. The minimum atomic E-state index is -2.12. The molecule has 1 amide bonds. The minimum absolute atomic E-state index is 0.0134. The predicted octanol–water partition coefficient (Wildman–Crippen LogP) is 7.51. The minimum Gasteiger partial charge on any atom is -0.417 e. The molecule has 0 aliphatic carbocycles. The number of methoxy groups -OCH3 is 1. The molecule has 7 nitrogen and oxygen atoms in total. The Morgan fingerprint density at radius 3 is 2.44 bits per heavy atom. The van der Waals surface area contributed by atoms with Crippen LogP contribution in [0.4, 0.5) is 11.4 Å². The van der Waals surface area contributed by atoms with Crippen molar-refractivity contribution in [1.29, 1.82) is 0 Å². The number of carbonyl (C=O) groups excluding carboxylic acids is 1. The Hall–Kier alpha value is -1.49. The van der Waals surface area contributed by atoms with Gasteiger partial charge in [-0.25, -0.2) is 0 Å². The van der Waals surface area contributed by atoms with Crippen LogP contribution in [0.2, 0.25) is 28.2 Å². The van der Waals surface area contributed by atoms with Gasteiger partial charge < -0.3 is 9.16 Å². The first-order chi connectivity index (χ1) is 16.6. The molecule has 1 heterocycles. The van der Waals surface area contributed by atoms with E-state index in [1.54, 1.807) is 24.3 Å². The van der Waals surface area contributed by atoms with Crippen molar-refractivity contribution in [2.24, 2.45) is 0 Å². The van der Waals surface area contributed by atoms with Gasteiger partial charge in [0.2, 0.25) is 5.91 Å². The standard InChI is InChI=1S/C25H31BrCl2N2O5Si/c1-24(2,3)36(5,6)35-10-9-25(14-16-7-8-17(26)11-21(16)30(32)33)19-12-18(27)13-20(28)22(19)29(15-34-4)23(25)31/h7-8,11-13H,9-10,14-15H2,1-6H3. The topological polar surface area (TPSA) is 81.9 Å². The molecule has 0 N–H and O–H groups in total. The Morgan fingerprint density at radius 1 is 1.19 bits per heavy atom. The van der Waals surface area contributed by atoms with Gasteiger partial charge in [-0.2, -0.15) is 0 Å². The molecular weight excluding hydrogens is 587 g/mol. The molecule has 2 aromatic rings. The second kappa shape index (κ2) is 10.7.